The number of amides is 2. The predicted molar refractivity (Wildman–Crippen MR) is 70.5 cm³/mol. The molecule has 3 N–H and O–H groups in total. The lowest BCUT2D eigenvalue weighted by Gasteiger charge is -2.12. The lowest BCUT2D eigenvalue weighted by atomic mass is 10.2. The van der Waals surface area contributed by atoms with E-state index in [4.69, 9.17) is 28.3 Å². The Morgan fingerprint density at radius 2 is 1.89 bits per heavy atom. The molecule has 1 aromatic rings. The van der Waals surface area contributed by atoms with Gasteiger partial charge >= 0.3 is 12.0 Å². The number of hydrogen-bond donors (Lipinski definition) is 3. The molecule has 0 bridgehead atoms. The zero-order chi connectivity index (χ0) is 13.9. The highest BCUT2D eigenvalue weighted by Crippen LogP contribution is 2.28. The molecule has 7 heteroatoms. The third kappa shape index (κ3) is 3.78. The number of benzene rings is 1. The van der Waals surface area contributed by atoms with Gasteiger partial charge in [-0.25, -0.2) is 4.79 Å². The van der Waals surface area contributed by atoms with Gasteiger partial charge in [-0.15, -0.1) is 0 Å². The van der Waals surface area contributed by atoms with Gasteiger partial charge in [-0.3, -0.25) is 4.79 Å². The van der Waals surface area contributed by atoms with Gasteiger partial charge in [0.25, 0.3) is 0 Å². The first-order valence-electron chi connectivity index (χ1n) is 5.07. The van der Waals surface area contributed by atoms with Crippen molar-refractivity contribution >= 4 is 40.9 Å². The second-order valence-electron chi connectivity index (χ2n) is 3.74. The smallest absolute Gasteiger partial charge is 0.325 e. The van der Waals surface area contributed by atoms with Gasteiger partial charge in [0, 0.05) is 5.02 Å². The van der Waals surface area contributed by atoms with Crippen molar-refractivity contribution < 1.29 is 14.7 Å². The van der Waals surface area contributed by atoms with Crippen molar-refractivity contribution in [1.82, 2.24) is 5.32 Å². The number of aryl methyl sites for hydroxylation is 1. The number of nitrogens with one attached hydrogen (secondary N) is 2. The van der Waals surface area contributed by atoms with E-state index in [0.29, 0.717) is 15.7 Å². The summed E-state index contributed by atoms with van der Waals surface area (Å²) >= 11 is 11.8. The van der Waals surface area contributed by atoms with E-state index in [9.17, 15) is 9.59 Å². The summed E-state index contributed by atoms with van der Waals surface area (Å²) in [6, 6.07) is 1.46. The Kier molecular flexibility index (Phi) is 4.81. The van der Waals surface area contributed by atoms with E-state index in [1.807, 2.05) is 0 Å². The largest absolute Gasteiger partial charge is 0.480 e. The van der Waals surface area contributed by atoms with Crippen LogP contribution in [0.2, 0.25) is 10.0 Å². The van der Waals surface area contributed by atoms with E-state index in [1.165, 1.54) is 13.0 Å². The van der Waals surface area contributed by atoms with Gasteiger partial charge in [-0.1, -0.05) is 23.2 Å². The molecule has 1 unspecified atom stereocenters. The van der Waals surface area contributed by atoms with Crippen LogP contribution in [0.15, 0.2) is 12.1 Å². The minimum absolute atomic E-state index is 0.322. The Morgan fingerprint density at radius 1 is 1.28 bits per heavy atom. The van der Waals surface area contributed by atoms with Gasteiger partial charge in [-0.2, -0.15) is 0 Å². The summed E-state index contributed by atoms with van der Waals surface area (Å²) in [6.45, 7) is 3.14. The number of carbonyl (C=O) groups is 2. The molecule has 1 rings (SSSR count). The summed E-state index contributed by atoms with van der Waals surface area (Å²) in [4.78, 5) is 22.1. The lowest BCUT2D eigenvalue weighted by molar-refractivity contribution is -0.138. The number of carbonyl (C=O) groups excluding carboxylic acids is 1. The second-order valence-corrected chi connectivity index (χ2v) is 4.55. The molecular weight excluding hydrogens is 279 g/mol. The molecule has 0 aromatic heterocycles. The number of anilines is 1. The van der Waals surface area contributed by atoms with Crippen LogP contribution in [0.1, 0.15) is 12.5 Å². The molecule has 0 saturated heterocycles. The van der Waals surface area contributed by atoms with E-state index < -0.39 is 18.0 Å². The monoisotopic (exact) mass is 290 g/mol. The fourth-order valence-electron chi connectivity index (χ4n) is 1.16. The number of rotatable bonds is 3. The van der Waals surface area contributed by atoms with Crippen LogP contribution in [0.3, 0.4) is 0 Å². The Bertz CT molecular complexity index is 491. The first-order valence-corrected chi connectivity index (χ1v) is 5.83. The Balaban J connectivity index is 2.76. The fraction of sp³-hybridized carbons (Fsp3) is 0.273. The summed E-state index contributed by atoms with van der Waals surface area (Å²) in [5, 5.41) is 14.1. The molecule has 0 heterocycles. The van der Waals surface area contributed by atoms with Crippen molar-refractivity contribution in [3.8, 4) is 0 Å². The summed E-state index contributed by atoms with van der Waals surface area (Å²) in [7, 11) is 0. The van der Waals surface area contributed by atoms with Crippen molar-refractivity contribution in [3.63, 3.8) is 0 Å². The standard InChI is InChI=1S/C11H12Cl2N2O3/c1-5-3-8(13)9(4-7(5)12)15-11(18)14-6(2)10(16)17/h3-4,6H,1-2H3,(H,16,17)(H2,14,15,18). The van der Waals surface area contributed by atoms with Gasteiger partial charge in [0.2, 0.25) is 0 Å². The van der Waals surface area contributed by atoms with Crippen molar-refractivity contribution in [2.75, 3.05) is 5.32 Å². The molecule has 0 aliphatic heterocycles. The van der Waals surface area contributed by atoms with Gasteiger partial charge < -0.3 is 15.7 Å². The summed E-state index contributed by atoms with van der Waals surface area (Å²) in [5.41, 5.74) is 1.11. The molecule has 2 amide bonds. The number of hydrogen-bond acceptors (Lipinski definition) is 2. The quantitative estimate of drug-likeness (QED) is 0.801. The van der Waals surface area contributed by atoms with Crippen molar-refractivity contribution in [3.05, 3.63) is 27.7 Å². The van der Waals surface area contributed by atoms with E-state index in [1.54, 1.807) is 13.0 Å². The van der Waals surface area contributed by atoms with E-state index in [2.05, 4.69) is 10.6 Å². The van der Waals surface area contributed by atoms with Gasteiger partial charge in [0.1, 0.15) is 6.04 Å². The second kappa shape index (κ2) is 5.93. The fourth-order valence-corrected chi connectivity index (χ4v) is 1.59. The highest BCUT2D eigenvalue weighted by molar-refractivity contribution is 6.36. The highest BCUT2D eigenvalue weighted by atomic mass is 35.5. The van der Waals surface area contributed by atoms with Crippen LogP contribution in [0.5, 0.6) is 0 Å². The molecule has 18 heavy (non-hydrogen) atoms. The summed E-state index contributed by atoms with van der Waals surface area (Å²) in [6.07, 6.45) is 0. The number of urea groups is 1. The van der Waals surface area contributed by atoms with Crippen LogP contribution in [0.4, 0.5) is 10.5 Å². The topological polar surface area (TPSA) is 78.4 Å². The van der Waals surface area contributed by atoms with Crippen molar-refractivity contribution in [2.45, 2.75) is 19.9 Å². The molecule has 0 radical (unpaired) electrons. The SMILES string of the molecule is Cc1cc(Cl)c(NC(=O)NC(C)C(=O)O)cc1Cl. The van der Waals surface area contributed by atoms with Gasteiger partial charge in [-0.05, 0) is 31.5 Å². The Hall–Kier alpha value is -1.46. The molecule has 0 saturated carbocycles. The zero-order valence-corrected chi connectivity index (χ0v) is 11.3. The minimum atomic E-state index is -1.13. The van der Waals surface area contributed by atoms with Gasteiger partial charge in [0.05, 0.1) is 10.7 Å². The third-order valence-corrected chi connectivity index (χ3v) is 2.93. The van der Waals surface area contributed by atoms with E-state index >= 15 is 0 Å². The third-order valence-electron chi connectivity index (χ3n) is 2.21. The molecule has 0 aliphatic carbocycles. The maximum atomic E-state index is 11.5. The van der Waals surface area contributed by atoms with Crippen LogP contribution in [0, 0.1) is 6.92 Å². The molecule has 5 nitrogen and oxygen atoms in total. The zero-order valence-electron chi connectivity index (χ0n) is 9.75. The molecule has 98 valence electrons. The average molecular weight is 291 g/mol. The Labute approximate surface area is 114 Å². The van der Waals surface area contributed by atoms with Crippen molar-refractivity contribution in [2.24, 2.45) is 0 Å². The van der Waals surface area contributed by atoms with Crippen molar-refractivity contribution in [1.29, 1.82) is 0 Å². The molecule has 1 aromatic carbocycles. The molecule has 0 spiro atoms. The van der Waals surface area contributed by atoms with E-state index in [0.717, 1.165) is 5.56 Å². The molecule has 1 atom stereocenters. The molecule has 0 fully saturated rings. The Morgan fingerprint density at radius 3 is 2.44 bits per heavy atom. The van der Waals surface area contributed by atoms with Crippen LogP contribution >= 0.6 is 23.2 Å². The van der Waals surface area contributed by atoms with Crippen LogP contribution in [-0.4, -0.2) is 23.1 Å². The number of carboxylic acids is 1. The predicted octanol–water partition coefficient (Wildman–Crippen LogP) is 2.90. The first-order chi connectivity index (χ1) is 8.31. The van der Waals surface area contributed by atoms with Crippen LogP contribution in [0.25, 0.3) is 0 Å². The lowest BCUT2D eigenvalue weighted by Crippen LogP contribution is -2.40. The average Bonchev–Trinajstić information content (AvgIpc) is 2.25. The maximum absolute atomic E-state index is 11.5. The first kappa shape index (κ1) is 14.6. The maximum Gasteiger partial charge on any atom is 0.325 e. The molecular formula is C11H12Cl2N2O3. The summed E-state index contributed by atoms with van der Waals surface area (Å²) in [5.74, 6) is -1.13. The number of aliphatic carboxylic acids is 1. The van der Waals surface area contributed by atoms with E-state index in [-0.39, 0.29) is 0 Å². The van der Waals surface area contributed by atoms with Crippen LogP contribution < -0.4 is 10.6 Å². The normalized spacial score (nSPS) is 11.8. The van der Waals surface area contributed by atoms with Crippen LogP contribution in [-0.2, 0) is 4.79 Å². The number of carboxylic acid groups (broad SMARTS) is 1. The minimum Gasteiger partial charge on any atom is -0.480 e. The highest BCUT2D eigenvalue weighted by Gasteiger charge is 2.15. The summed E-state index contributed by atoms with van der Waals surface area (Å²) < 4.78 is 0. The molecule has 0 aliphatic rings. The van der Waals surface area contributed by atoms with Gasteiger partial charge in [0.15, 0.2) is 0 Å². The number of halogens is 2.